The van der Waals surface area contributed by atoms with Crippen LogP contribution < -0.4 is 10.9 Å². The first kappa shape index (κ1) is 20.8. The van der Waals surface area contributed by atoms with Gasteiger partial charge in [0.05, 0.1) is 0 Å². The van der Waals surface area contributed by atoms with Crippen LogP contribution in [0.15, 0.2) is 47.3 Å². The van der Waals surface area contributed by atoms with Gasteiger partial charge in [-0.3, -0.25) is 14.2 Å². The Morgan fingerprint density at radius 1 is 1.10 bits per heavy atom. The maximum Gasteiger partial charge on any atom is 0.254 e. The van der Waals surface area contributed by atoms with Gasteiger partial charge in [0.1, 0.15) is 12.4 Å². The molecular formula is C23H24ClN3O2. The van der Waals surface area contributed by atoms with E-state index in [0.29, 0.717) is 28.5 Å². The van der Waals surface area contributed by atoms with Crippen molar-refractivity contribution in [2.24, 2.45) is 0 Å². The molecule has 1 heterocycles. The number of carbonyl (C=O) groups excluding carboxylic acids is 1. The number of anilines is 1. The van der Waals surface area contributed by atoms with Crippen molar-refractivity contribution in [1.82, 2.24) is 9.55 Å². The van der Waals surface area contributed by atoms with Crippen LogP contribution in [0.4, 0.5) is 5.69 Å². The Morgan fingerprint density at radius 2 is 1.79 bits per heavy atom. The van der Waals surface area contributed by atoms with Crippen LogP contribution in [0.5, 0.6) is 0 Å². The second kappa shape index (κ2) is 8.62. The van der Waals surface area contributed by atoms with Crippen molar-refractivity contribution in [3.63, 3.8) is 0 Å². The molecular weight excluding hydrogens is 386 g/mol. The highest BCUT2D eigenvalue weighted by Gasteiger charge is 2.15. The van der Waals surface area contributed by atoms with Crippen molar-refractivity contribution >= 4 is 23.2 Å². The minimum atomic E-state index is -0.281. The van der Waals surface area contributed by atoms with Gasteiger partial charge in [0.2, 0.25) is 5.91 Å². The first-order valence-electron chi connectivity index (χ1n) is 9.53. The number of rotatable bonds is 5. The van der Waals surface area contributed by atoms with E-state index in [2.05, 4.69) is 10.3 Å². The van der Waals surface area contributed by atoms with Gasteiger partial charge >= 0.3 is 0 Å². The van der Waals surface area contributed by atoms with Crippen LogP contribution in [0.1, 0.15) is 29.3 Å². The molecule has 3 rings (SSSR count). The number of amides is 1. The van der Waals surface area contributed by atoms with E-state index < -0.39 is 0 Å². The molecule has 29 heavy (non-hydrogen) atoms. The molecule has 0 radical (unpaired) electrons. The lowest BCUT2D eigenvalue weighted by atomic mass is 10.1. The number of hydrogen-bond acceptors (Lipinski definition) is 3. The number of hydrogen-bond donors (Lipinski definition) is 1. The summed E-state index contributed by atoms with van der Waals surface area (Å²) in [4.78, 5) is 30.2. The Bertz CT molecular complexity index is 1110. The van der Waals surface area contributed by atoms with E-state index in [1.807, 2.05) is 45.9 Å². The minimum Gasteiger partial charge on any atom is -0.324 e. The summed E-state index contributed by atoms with van der Waals surface area (Å²) in [6.07, 6.45) is 0.623. The van der Waals surface area contributed by atoms with Gasteiger partial charge in [-0.1, -0.05) is 48.4 Å². The summed E-state index contributed by atoms with van der Waals surface area (Å²) < 4.78 is 1.39. The largest absolute Gasteiger partial charge is 0.324 e. The molecule has 1 amide bonds. The van der Waals surface area contributed by atoms with E-state index in [4.69, 9.17) is 11.6 Å². The minimum absolute atomic E-state index is 0.134. The third-order valence-electron chi connectivity index (χ3n) is 4.75. The molecule has 0 atom stereocenters. The van der Waals surface area contributed by atoms with Gasteiger partial charge in [-0.15, -0.1) is 0 Å². The van der Waals surface area contributed by atoms with Gasteiger partial charge in [-0.25, -0.2) is 4.98 Å². The molecule has 0 saturated carbocycles. The Labute approximate surface area is 175 Å². The summed E-state index contributed by atoms with van der Waals surface area (Å²) >= 11 is 6.13. The van der Waals surface area contributed by atoms with E-state index in [-0.39, 0.29) is 18.0 Å². The number of nitrogens with one attached hydrogen (secondary N) is 1. The van der Waals surface area contributed by atoms with Gasteiger partial charge in [0.15, 0.2) is 0 Å². The van der Waals surface area contributed by atoms with Crippen LogP contribution in [-0.2, 0) is 17.8 Å². The summed E-state index contributed by atoms with van der Waals surface area (Å²) in [7, 11) is 0. The highest BCUT2D eigenvalue weighted by atomic mass is 35.5. The van der Waals surface area contributed by atoms with Crippen molar-refractivity contribution in [3.05, 3.63) is 80.2 Å². The third kappa shape index (κ3) is 4.74. The lowest BCUT2D eigenvalue weighted by Crippen LogP contribution is -2.30. The molecule has 0 fully saturated rings. The normalized spacial score (nSPS) is 10.8. The molecule has 3 aromatic rings. The van der Waals surface area contributed by atoms with Gasteiger partial charge in [-0.05, 0) is 50.5 Å². The average molecular weight is 410 g/mol. The first-order valence-corrected chi connectivity index (χ1v) is 9.90. The van der Waals surface area contributed by atoms with Crippen LogP contribution >= 0.6 is 11.6 Å². The quantitative estimate of drug-likeness (QED) is 0.664. The summed E-state index contributed by atoms with van der Waals surface area (Å²) in [6, 6.07) is 12.6. The Balaban J connectivity index is 1.99. The van der Waals surface area contributed by atoms with Gasteiger partial charge < -0.3 is 5.32 Å². The number of benzene rings is 2. The predicted octanol–water partition coefficient (Wildman–Crippen LogP) is 4.69. The maximum absolute atomic E-state index is 12.8. The molecule has 0 saturated heterocycles. The lowest BCUT2D eigenvalue weighted by molar-refractivity contribution is -0.116. The van der Waals surface area contributed by atoms with E-state index in [0.717, 1.165) is 22.4 Å². The standard InChI is InChI=1S/C23H24ClN3O2/c1-5-19-12-21(29)27(23(25-19)17-7-6-8-18(24)11-17)13-20(28)26-22-15(3)9-14(2)10-16(22)4/h6-12H,5,13H2,1-4H3,(H,26,28). The average Bonchev–Trinajstić information content (AvgIpc) is 2.66. The van der Waals surface area contributed by atoms with E-state index >= 15 is 0 Å². The zero-order valence-electron chi connectivity index (χ0n) is 17.0. The number of aryl methyl sites for hydroxylation is 4. The molecule has 0 spiro atoms. The molecule has 6 heteroatoms. The van der Waals surface area contributed by atoms with Crippen molar-refractivity contribution in [3.8, 4) is 11.4 Å². The SMILES string of the molecule is CCc1cc(=O)n(CC(=O)Nc2c(C)cc(C)cc2C)c(-c2cccc(Cl)c2)n1. The van der Waals surface area contributed by atoms with Crippen LogP contribution in [0.2, 0.25) is 5.02 Å². The molecule has 0 aliphatic heterocycles. The predicted molar refractivity (Wildman–Crippen MR) is 118 cm³/mol. The second-order valence-electron chi connectivity index (χ2n) is 7.18. The van der Waals surface area contributed by atoms with Gasteiger partial charge in [-0.2, -0.15) is 0 Å². The monoisotopic (exact) mass is 409 g/mol. The molecule has 0 aliphatic rings. The molecule has 150 valence electrons. The third-order valence-corrected chi connectivity index (χ3v) is 4.98. The Hall–Kier alpha value is -2.92. The smallest absolute Gasteiger partial charge is 0.254 e. The highest BCUT2D eigenvalue weighted by Crippen LogP contribution is 2.23. The molecule has 2 aromatic carbocycles. The molecule has 5 nitrogen and oxygen atoms in total. The van der Waals surface area contributed by atoms with Crippen LogP contribution in [-0.4, -0.2) is 15.5 Å². The molecule has 0 aliphatic carbocycles. The van der Waals surface area contributed by atoms with Gasteiger partial charge in [0.25, 0.3) is 5.56 Å². The fourth-order valence-electron chi connectivity index (χ4n) is 3.44. The summed E-state index contributed by atoms with van der Waals surface area (Å²) in [5.41, 5.74) is 4.98. The van der Waals surface area contributed by atoms with Crippen LogP contribution in [0.25, 0.3) is 11.4 Å². The van der Waals surface area contributed by atoms with E-state index in [1.54, 1.807) is 18.2 Å². The number of aromatic nitrogens is 2. The fourth-order valence-corrected chi connectivity index (χ4v) is 3.63. The van der Waals surface area contributed by atoms with Crippen molar-refractivity contribution in [2.45, 2.75) is 40.7 Å². The topological polar surface area (TPSA) is 64.0 Å². The number of halogens is 1. The highest BCUT2D eigenvalue weighted by molar-refractivity contribution is 6.30. The maximum atomic E-state index is 12.8. The Morgan fingerprint density at radius 3 is 2.41 bits per heavy atom. The van der Waals surface area contributed by atoms with E-state index in [9.17, 15) is 9.59 Å². The lowest BCUT2D eigenvalue weighted by Gasteiger charge is -2.16. The second-order valence-corrected chi connectivity index (χ2v) is 7.62. The van der Waals surface area contributed by atoms with E-state index in [1.165, 1.54) is 10.6 Å². The first-order chi connectivity index (χ1) is 13.8. The molecule has 1 aromatic heterocycles. The number of carbonyl (C=O) groups is 1. The summed E-state index contributed by atoms with van der Waals surface area (Å²) in [5.74, 6) is 0.154. The zero-order valence-corrected chi connectivity index (χ0v) is 17.8. The Kier molecular flexibility index (Phi) is 6.18. The van der Waals surface area contributed by atoms with Crippen molar-refractivity contribution < 1.29 is 4.79 Å². The molecule has 0 unspecified atom stereocenters. The van der Waals surface area contributed by atoms with Crippen LogP contribution in [0, 0.1) is 20.8 Å². The van der Waals surface area contributed by atoms with Gasteiger partial charge in [0, 0.05) is 28.0 Å². The summed E-state index contributed by atoms with van der Waals surface area (Å²) in [5, 5.41) is 3.49. The van der Waals surface area contributed by atoms with Crippen molar-refractivity contribution in [1.29, 1.82) is 0 Å². The zero-order chi connectivity index (χ0) is 21.1. The molecule has 1 N–H and O–H groups in total. The number of nitrogens with zero attached hydrogens (tertiary/aromatic N) is 2. The van der Waals surface area contributed by atoms with Crippen molar-refractivity contribution in [2.75, 3.05) is 5.32 Å². The summed E-state index contributed by atoms with van der Waals surface area (Å²) in [6.45, 7) is 7.73. The fraction of sp³-hybridized carbons (Fsp3) is 0.261. The molecule has 0 bridgehead atoms. The van der Waals surface area contributed by atoms with Crippen LogP contribution in [0.3, 0.4) is 0 Å².